The fourth-order valence-corrected chi connectivity index (χ4v) is 2.25. The van der Waals surface area contributed by atoms with Crippen LogP contribution in [0.3, 0.4) is 0 Å². The Balaban J connectivity index is 2.73. The fourth-order valence-electron chi connectivity index (χ4n) is 1.92. The molecule has 0 saturated carbocycles. The van der Waals surface area contributed by atoms with Gasteiger partial charge in [0.15, 0.2) is 0 Å². The largest absolute Gasteiger partial charge is 0.496 e. The van der Waals surface area contributed by atoms with Gasteiger partial charge in [-0.05, 0) is 23.8 Å². The lowest BCUT2D eigenvalue weighted by Gasteiger charge is -2.15. The van der Waals surface area contributed by atoms with E-state index < -0.39 is 0 Å². The maximum Gasteiger partial charge on any atom is 0.130 e. The van der Waals surface area contributed by atoms with Gasteiger partial charge in [0, 0.05) is 11.0 Å². The summed E-state index contributed by atoms with van der Waals surface area (Å²) < 4.78 is 10.8. The highest BCUT2D eigenvalue weighted by Gasteiger charge is 2.14. The van der Waals surface area contributed by atoms with Crippen LogP contribution in [0, 0.1) is 0 Å². The van der Waals surface area contributed by atoms with E-state index in [1.54, 1.807) is 14.2 Å². The van der Waals surface area contributed by atoms with Gasteiger partial charge in [-0.25, -0.2) is 0 Å². The maximum absolute atomic E-state index is 5.94. The molecule has 0 fully saturated rings. The molecule has 0 saturated heterocycles. The van der Waals surface area contributed by atoms with Gasteiger partial charge in [0.1, 0.15) is 11.5 Å². The Labute approximate surface area is 109 Å². The summed E-state index contributed by atoms with van der Waals surface area (Å²) in [5, 5.41) is 0.945. The summed E-state index contributed by atoms with van der Waals surface area (Å²) in [6, 6.07) is 11.5. The first-order valence-electron chi connectivity index (χ1n) is 5.54. The Morgan fingerprint density at radius 3 is 2.06 bits per heavy atom. The second-order valence-electron chi connectivity index (χ2n) is 3.85. The van der Waals surface area contributed by atoms with Crippen molar-refractivity contribution in [3.63, 3.8) is 0 Å². The smallest absolute Gasteiger partial charge is 0.130 e. The third-order valence-corrected chi connectivity index (χ3v) is 3.48. The third-order valence-electron chi connectivity index (χ3n) is 2.84. The van der Waals surface area contributed by atoms with Crippen molar-refractivity contribution >= 4 is 20.2 Å². The van der Waals surface area contributed by atoms with Gasteiger partial charge < -0.3 is 15.2 Å². The van der Waals surface area contributed by atoms with E-state index in [0.29, 0.717) is 0 Å². The molecule has 4 heteroatoms. The molecule has 0 aliphatic carbocycles. The zero-order valence-corrected chi connectivity index (χ0v) is 11.6. The standard InChI is InChI=1S/C14H16NO2P/c1-16-11-7-4-8-12(17-2)13(11)9-5-3-6-10(15)14(9)18/h3-8H,15,18H2,1-2H3. The summed E-state index contributed by atoms with van der Waals surface area (Å²) in [5.74, 6) is 1.53. The molecule has 0 spiro atoms. The van der Waals surface area contributed by atoms with Crippen LogP contribution in [0.15, 0.2) is 36.4 Å². The number of rotatable bonds is 3. The Morgan fingerprint density at radius 2 is 1.50 bits per heavy atom. The molecule has 18 heavy (non-hydrogen) atoms. The lowest BCUT2D eigenvalue weighted by Crippen LogP contribution is -2.06. The van der Waals surface area contributed by atoms with E-state index in [9.17, 15) is 0 Å². The summed E-state index contributed by atoms with van der Waals surface area (Å²) >= 11 is 0. The predicted molar refractivity (Wildman–Crippen MR) is 78.7 cm³/mol. The first kappa shape index (κ1) is 12.7. The van der Waals surface area contributed by atoms with Gasteiger partial charge in [-0.1, -0.05) is 18.2 Å². The van der Waals surface area contributed by atoms with Crippen LogP contribution in [0.2, 0.25) is 0 Å². The van der Waals surface area contributed by atoms with Crippen molar-refractivity contribution in [2.24, 2.45) is 0 Å². The monoisotopic (exact) mass is 261 g/mol. The molecule has 0 aromatic heterocycles. The number of benzene rings is 2. The molecule has 0 aliphatic heterocycles. The highest BCUT2D eigenvalue weighted by molar-refractivity contribution is 7.28. The Kier molecular flexibility index (Phi) is 3.73. The first-order valence-corrected chi connectivity index (χ1v) is 6.12. The number of hydrogen-bond acceptors (Lipinski definition) is 3. The van der Waals surface area contributed by atoms with Crippen molar-refractivity contribution in [1.82, 2.24) is 0 Å². The molecular formula is C14H16NO2P. The van der Waals surface area contributed by atoms with E-state index in [-0.39, 0.29) is 0 Å². The van der Waals surface area contributed by atoms with Gasteiger partial charge in [-0.15, -0.1) is 9.24 Å². The van der Waals surface area contributed by atoms with E-state index in [0.717, 1.165) is 33.6 Å². The summed E-state index contributed by atoms with van der Waals surface area (Å²) in [5.41, 5.74) is 8.58. The van der Waals surface area contributed by atoms with E-state index in [2.05, 4.69) is 9.24 Å². The Morgan fingerprint density at radius 1 is 0.944 bits per heavy atom. The molecule has 94 valence electrons. The highest BCUT2D eigenvalue weighted by atomic mass is 31.0. The van der Waals surface area contributed by atoms with Gasteiger partial charge in [0.2, 0.25) is 0 Å². The predicted octanol–water partition coefficient (Wildman–Crippen LogP) is 2.45. The molecule has 0 amide bonds. The molecule has 0 aliphatic rings. The Bertz CT molecular complexity index is 547. The minimum atomic E-state index is 0.727. The van der Waals surface area contributed by atoms with Crippen LogP contribution in [0.1, 0.15) is 0 Å². The van der Waals surface area contributed by atoms with Crippen LogP contribution in [0.5, 0.6) is 11.5 Å². The number of ether oxygens (including phenoxy) is 2. The molecule has 2 N–H and O–H groups in total. The summed E-state index contributed by atoms with van der Waals surface area (Å²) in [7, 11) is 5.96. The normalized spacial score (nSPS) is 10.2. The van der Waals surface area contributed by atoms with Crippen molar-refractivity contribution in [2.75, 3.05) is 20.0 Å². The lowest BCUT2D eigenvalue weighted by molar-refractivity contribution is 0.397. The number of nitrogens with two attached hydrogens (primary N) is 1. The quantitative estimate of drug-likeness (QED) is 0.682. The van der Waals surface area contributed by atoms with Crippen LogP contribution in [-0.2, 0) is 0 Å². The molecule has 3 nitrogen and oxygen atoms in total. The average Bonchev–Trinajstić information content (AvgIpc) is 2.41. The molecule has 1 unspecified atom stereocenters. The van der Waals surface area contributed by atoms with Crippen molar-refractivity contribution in [3.8, 4) is 22.6 Å². The number of nitrogen functional groups attached to an aromatic ring is 1. The van der Waals surface area contributed by atoms with Crippen LogP contribution >= 0.6 is 9.24 Å². The highest BCUT2D eigenvalue weighted by Crippen LogP contribution is 2.38. The van der Waals surface area contributed by atoms with Gasteiger partial charge in [-0.2, -0.15) is 0 Å². The van der Waals surface area contributed by atoms with Gasteiger partial charge >= 0.3 is 0 Å². The third kappa shape index (κ3) is 2.14. The number of anilines is 1. The number of methoxy groups -OCH3 is 2. The molecule has 2 aromatic carbocycles. The zero-order valence-electron chi connectivity index (χ0n) is 10.4. The minimum Gasteiger partial charge on any atom is -0.496 e. The van der Waals surface area contributed by atoms with Crippen LogP contribution in [0.4, 0.5) is 5.69 Å². The van der Waals surface area contributed by atoms with E-state index in [1.165, 1.54) is 0 Å². The van der Waals surface area contributed by atoms with Crippen molar-refractivity contribution in [2.45, 2.75) is 0 Å². The molecule has 0 heterocycles. The molecule has 2 rings (SSSR count). The van der Waals surface area contributed by atoms with Gasteiger partial charge in [0.25, 0.3) is 0 Å². The van der Waals surface area contributed by atoms with Crippen molar-refractivity contribution in [1.29, 1.82) is 0 Å². The summed E-state index contributed by atoms with van der Waals surface area (Å²) in [6.07, 6.45) is 0. The zero-order chi connectivity index (χ0) is 13.1. The molecule has 0 radical (unpaired) electrons. The van der Waals surface area contributed by atoms with Crippen LogP contribution < -0.4 is 20.5 Å². The molecule has 1 atom stereocenters. The van der Waals surface area contributed by atoms with Crippen molar-refractivity contribution in [3.05, 3.63) is 36.4 Å². The average molecular weight is 261 g/mol. The second-order valence-corrected chi connectivity index (χ2v) is 4.42. The maximum atomic E-state index is 5.94. The van der Waals surface area contributed by atoms with E-state index >= 15 is 0 Å². The second kappa shape index (κ2) is 5.28. The lowest BCUT2D eigenvalue weighted by atomic mass is 10.0. The fraction of sp³-hybridized carbons (Fsp3) is 0.143. The van der Waals surface area contributed by atoms with Crippen LogP contribution in [-0.4, -0.2) is 14.2 Å². The van der Waals surface area contributed by atoms with Crippen molar-refractivity contribution < 1.29 is 9.47 Å². The summed E-state index contributed by atoms with van der Waals surface area (Å²) in [6.45, 7) is 0. The Hall–Kier alpha value is -1.73. The first-order chi connectivity index (χ1) is 8.69. The minimum absolute atomic E-state index is 0.727. The molecular weight excluding hydrogens is 245 g/mol. The van der Waals surface area contributed by atoms with E-state index in [1.807, 2.05) is 36.4 Å². The van der Waals surface area contributed by atoms with Crippen LogP contribution in [0.25, 0.3) is 11.1 Å². The number of hydrogen-bond donors (Lipinski definition) is 1. The molecule has 0 bridgehead atoms. The SMILES string of the molecule is COc1cccc(OC)c1-c1cccc(N)c1P. The molecule has 2 aromatic rings. The topological polar surface area (TPSA) is 44.5 Å². The van der Waals surface area contributed by atoms with E-state index in [4.69, 9.17) is 15.2 Å². The summed E-state index contributed by atoms with van der Waals surface area (Å²) in [4.78, 5) is 0. The van der Waals surface area contributed by atoms with Gasteiger partial charge in [-0.3, -0.25) is 0 Å². The van der Waals surface area contributed by atoms with Gasteiger partial charge in [0.05, 0.1) is 19.8 Å².